The van der Waals surface area contributed by atoms with Crippen molar-refractivity contribution in [2.45, 2.75) is 19.3 Å². The van der Waals surface area contributed by atoms with Crippen LogP contribution in [-0.4, -0.2) is 11.9 Å². The molecular weight excluding hydrogens is 244 g/mol. The first-order chi connectivity index (χ1) is 9.31. The Morgan fingerprint density at radius 3 is 2.89 bits per heavy atom. The molecule has 0 bridgehead atoms. The first kappa shape index (κ1) is 10.7. The van der Waals surface area contributed by atoms with Crippen molar-refractivity contribution in [3.63, 3.8) is 0 Å². The van der Waals surface area contributed by atoms with Crippen molar-refractivity contribution >= 4 is 5.88 Å². The Kier molecular flexibility index (Phi) is 2.21. The molecule has 19 heavy (non-hydrogen) atoms. The van der Waals surface area contributed by atoms with Gasteiger partial charge in [-0.05, 0) is 42.9 Å². The van der Waals surface area contributed by atoms with Crippen LogP contribution in [0.4, 0.5) is 5.88 Å². The summed E-state index contributed by atoms with van der Waals surface area (Å²) in [5.74, 6) is 2.62. The second kappa shape index (κ2) is 3.91. The maximum atomic E-state index is 5.91. The Labute approximate surface area is 110 Å². The highest BCUT2D eigenvalue weighted by Gasteiger charge is 2.27. The van der Waals surface area contributed by atoms with Crippen LogP contribution in [0.15, 0.2) is 22.7 Å². The van der Waals surface area contributed by atoms with E-state index in [1.807, 2.05) is 18.2 Å². The van der Waals surface area contributed by atoms with E-state index in [9.17, 15) is 0 Å². The molecule has 2 aliphatic rings. The van der Waals surface area contributed by atoms with Crippen LogP contribution in [0.3, 0.4) is 0 Å². The van der Waals surface area contributed by atoms with Gasteiger partial charge in [-0.25, -0.2) is 0 Å². The third-order valence-electron chi connectivity index (χ3n) is 3.63. The third-order valence-corrected chi connectivity index (χ3v) is 3.63. The molecule has 0 radical (unpaired) electrons. The molecule has 0 unspecified atom stereocenters. The van der Waals surface area contributed by atoms with Crippen LogP contribution in [0, 0.1) is 5.92 Å². The smallest absolute Gasteiger partial charge is 0.231 e. The lowest BCUT2D eigenvalue weighted by Gasteiger charge is -2.03. The number of nitrogens with zero attached hydrogens (tertiary/aromatic N) is 1. The summed E-state index contributed by atoms with van der Waals surface area (Å²) in [4.78, 5) is 0. The van der Waals surface area contributed by atoms with Crippen molar-refractivity contribution in [1.29, 1.82) is 0 Å². The van der Waals surface area contributed by atoms with Crippen LogP contribution in [0.1, 0.15) is 18.5 Å². The fourth-order valence-corrected chi connectivity index (χ4v) is 2.43. The Morgan fingerprint density at radius 2 is 2.05 bits per heavy atom. The summed E-state index contributed by atoms with van der Waals surface area (Å²) in [5, 5.41) is 4.09. The summed E-state index contributed by atoms with van der Waals surface area (Å²) in [7, 11) is 0. The molecule has 1 saturated carbocycles. The molecule has 1 aliphatic heterocycles. The number of fused-ring (bicyclic) bond motifs is 1. The normalized spacial score (nSPS) is 16.8. The minimum Gasteiger partial charge on any atom is -0.454 e. The minimum absolute atomic E-state index is 0.271. The highest BCUT2D eigenvalue weighted by Crippen LogP contribution is 2.41. The number of aromatic nitrogens is 1. The maximum Gasteiger partial charge on any atom is 0.231 e. The first-order valence-corrected chi connectivity index (χ1v) is 6.45. The number of ether oxygens (including phenoxy) is 2. The number of rotatable bonds is 3. The van der Waals surface area contributed by atoms with Gasteiger partial charge in [0, 0.05) is 0 Å². The van der Waals surface area contributed by atoms with Gasteiger partial charge >= 0.3 is 0 Å². The second-order valence-corrected chi connectivity index (χ2v) is 5.08. The molecule has 1 aliphatic carbocycles. The zero-order valence-electron chi connectivity index (χ0n) is 10.4. The zero-order chi connectivity index (χ0) is 12.8. The van der Waals surface area contributed by atoms with Crippen molar-refractivity contribution in [2.75, 3.05) is 12.5 Å². The molecule has 5 heteroatoms. The Hall–Kier alpha value is -2.17. The van der Waals surface area contributed by atoms with Crippen LogP contribution in [0.2, 0.25) is 0 Å². The predicted molar refractivity (Wildman–Crippen MR) is 68.9 cm³/mol. The lowest BCUT2D eigenvalue weighted by Crippen LogP contribution is -1.93. The summed E-state index contributed by atoms with van der Waals surface area (Å²) in [6.45, 7) is 0.271. The van der Waals surface area contributed by atoms with Gasteiger partial charge in [0.05, 0.1) is 11.3 Å². The van der Waals surface area contributed by atoms with E-state index in [1.165, 1.54) is 12.8 Å². The number of benzene rings is 1. The molecule has 0 amide bonds. The topological polar surface area (TPSA) is 70.5 Å². The molecule has 1 aromatic carbocycles. The first-order valence-electron chi connectivity index (χ1n) is 6.45. The van der Waals surface area contributed by atoms with E-state index in [0.29, 0.717) is 5.88 Å². The monoisotopic (exact) mass is 258 g/mol. The fourth-order valence-electron chi connectivity index (χ4n) is 2.43. The Bertz CT molecular complexity index is 632. The SMILES string of the molecule is Nc1onc(CC2CC2)c1-c1ccc2c(c1)OCO2. The summed E-state index contributed by atoms with van der Waals surface area (Å²) >= 11 is 0. The van der Waals surface area contributed by atoms with Crippen molar-refractivity contribution in [2.24, 2.45) is 5.92 Å². The molecule has 98 valence electrons. The van der Waals surface area contributed by atoms with Crippen molar-refractivity contribution < 1.29 is 14.0 Å². The van der Waals surface area contributed by atoms with Crippen LogP contribution in [-0.2, 0) is 6.42 Å². The molecule has 2 N–H and O–H groups in total. The highest BCUT2D eigenvalue weighted by atomic mass is 16.7. The number of hydrogen-bond acceptors (Lipinski definition) is 5. The van der Waals surface area contributed by atoms with E-state index >= 15 is 0 Å². The van der Waals surface area contributed by atoms with E-state index in [4.69, 9.17) is 19.7 Å². The van der Waals surface area contributed by atoms with Crippen LogP contribution >= 0.6 is 0 Å². The summed E-state index contributed by atoms with van der Waals surface area (Å²) in [5.41, 5.74) is 8.72. The Balaban J connectivity index is 1.76. The molecule has 4 rings (SSSR count). The summed E-state index contributed by atoms with van der Waals surface area (Å²) in [6.07, 6.45) is 3.48. The van der Waals surface area contributed by atoms with Gasteiger partial charge in [-0.1, -0.05) is 11.2 Å². The zero-order valence-corrected chi connectivity index (χ0v) is 10.4. The van der Waals surface area contributed by atoms with Gasteiger partial charge in [0.1, 0.15) is 0 Å². The standard InChI is InChI=1S/C14H14N2O3/c15-14-13(10(16-19-14)5-8-1-2-8)9-3-4-11-12(6-9)18-7-17-11/h3-4,6,8H,1-2,5,7,15H2. The van der Waals surface area contributed by atoms with Crippen molar-refractivity contribution in [3.05, 3.63) is 23.9 Å². The second-order valence-electron chi connectivity index (χ2n) is 5.08. The van der Waals surface area contributed by atoms with E-state index in [1.54, 1.807) is 0 Å². The average molecular weight is 258 g/mol. The van der Waals surface area contributed by atoms with E-state index in [0.717, 1.165) is 40.7 Å². The fraction of sp³-hybridized carbons (Fsp3) is 0.357. The summed E-state index contributed by atoms with van der Waals surface area (Å²) < 4.78 is 15.9. The van der Waals surface area contributed by atoms with Gasteiger partial charge in [0.25, 0.3) is 0 Å². The van der Waals surface area contributed by atoms with E-state index in [-0.39, 0.29) is 6.79 Å². The molecule has 0 atom stereocenters. The molecule has 0 saturated heterocycles. The number of hydrogen-bond donors (Lipinski definition) is 1. The van der Waals surface area contributed by atoms with Crippen LogP contribution in [0.5, 0.6) is 11.5 Å². The number of anilines is 1. The quantitative estimate of drug-likeness (QED) is 0.916. The van der Waals surface area contributed by atoms with Gasteiger partial charge in [-0.15, -0.1) is 0 Å². The minimum atomic E-state index is 0.271. The predicted octanol–water partition coefficient (Wildman–Crippen LogP) is 2.61. The molecule has 1 aromatic heterocycles. The maximum absolute atomic E-state index is 5.91. The highest BCUT2D eigenvalue weighted by molar-refractivity contribution is 5.77. The molecule has 2 aromatic rings. The number of nitrogen functional groups attached to an aromatic ring is 1. The van der Waals surface area contributed by atoms with Gasteiger partial charge < -0.3 is 19.7 Å². The van der Waals surface area contributed by atoms with Gasteiger partial charge in [-0.3, -0.25) is 0 Å². The number of nitrogens with two attached hydrogens (primary N) is 1. The lowest BCUT2D eigenvalue weighted by atomic mass is 10.0. The largest absolute Gasteiger partial charge is 0.454 e. The molecule has 0 spiro atoms. The van der Waals surface area contributed by atoms with Gasteiger partial charge in [-0.2, -0.15) is 0 Å². The summed E-state index contributed by atoms with van der Waals surface area (Å²) in [6, 6.07) is 5.79. The molecule has 1 fully saturated rings. The average Bonchev–Trinajstić information content (AvgIpc) is 2.97. The van der Waals surface area contributed by atoms with E-state index < -0.39 is 0 Å². The molecular formula is C14H14N2O3. The Morgan fingerprint density at radius 1 is 1.21 bits per heavy atom. The van der Waals surface area contributed by atoms with Crippen LogP contribution in [0.25, 0.3) is 11.1 Å². The molecule has 2 heterocycles. The van der Waals surface area contributed by atoms with Gasteiger partial charge in [0.2, 0.25) is 12.7 Å². The van der Waals surface area contributed by atoms with Crippen LogP contribution < -0.4 is 15.2 Å². The van der Waals surface area contributed by atoms with Crippen molar-refractivity contribution in [3.8, 4) is 22.6 Å². The molecule has 5 nitrogen and oxygen atoms in total. The van der Waals surface area contributed by atoms with E-state index in [2.05, 4.69) is 5.16 Å². The lowest BCUT2D eigenvalue weighted by molar-refractivity contribution is 0.174. The van der Waals surface area contributed by atoms with Crippen molar-refractivity contribution in [1.82, 2.24) is 5.16 Å². The third kappa shape index (κ3) is 1.82. The van der Waals surface area contributed by atoms with Gasteiger partial charge in [0.15, 0.2) is 11.5 Å².